The predicted octanol–water partition coefficient (Wildman–Crippen LogP) is 5.09. The van der Waals surface area contributed by atoms with Gasteiger partial charge < -0.3 is 0 Å². The number of halogens is 2. The van der Waals surface area contributed by atoms with E-state index in [9.17, 15) is 0 Å². The van der Waals surface area contributed by atoms with E-state index in [4.69, 9.17) is 11.6 Å². The van der Waals surface area contributed by atoms with Crippen molar-refractivity contribution in [1.82, 2.24) is 4.98 Å². The molecular formula is C13H13BrClNS. The molecule has 1 nitrogen and oxygen atoms in total. The van der Waals surface area contributed by atoms with Crippen molar-refractivity contribution in [3.63, 3.8) is 0 Å². The molecule has 1 unspecified atom stereocenters. The number of rotatable bonds is 3. The van der Waals surface area contributed by atoms with Crippen LogP contribution in [0, 0.1) is 13.8 Å². The number of pyridine rings is 1. The fraction of sp³-hybridized carbons (Fsp3) is 0.308. The lowest BCUT2D eigenvalue weighted by Gasteiger charge is -2.08. The van der Waals surface area contributed by atoms with Gasteiger partial charge in [-0.1, -0.05) is 33.6 Å². The lowest BCUT2D eigenvalue weighted by atomic mass is 10.1. The van der Waals surface area contributed by atoms with Crippen LogP contribution in [0.3, 0.4) is 0 Å². The van der Waals surface area contributed by atoms with E-state index in [0.29, 0.717) is 0 Å². The second-order valence-corrected chi connectivity index (χ2v) is 6.49. The van der Waals surface area contributed by atoms with Gasteiger partial charge in [0, 0.05) is 23.2 Å². The van der Waals surface area contributed by atoms with Gasteiger partial charge in [-0.15, -0.1) is 11.3 Å². The lowest BCUT2D eigenvalue weighted by molar-refractivity contribution is 0.916. The fourth-order valence-electron chi connectivity index (χ4n) is 1.56. The molecule has 1 atom stereocenters. The third kappa shape index (κ3) is 3.09. The minimum absolute atomic E-state index is 0.240. The zero-order chi connectivity index (χ0) is 12.4. The zero-order valence-electron chi connectivity index (χ0n) is 9.71. The average Bonchev–Trinajstić information content (AvgIpc) is 2.63. The largest absolute Gasteiger partial charge is 0.261 e. The van der Waals surface area contributed by atoms with Crippen molar-refractivity contribution >= 4 is 38.9 Å². The molecule has 0 aliphatic rings. The molecule has 2 aromatic heterocycles. The van der Waals surface area contributed by atoms with Crippen LogP contribution in [0.15, 0.2) is 23.7 Å². The number of hydrogen-bond donors (Lipinski definition) is 0. The molecule has 17 heavy (non-hydrogen) atoms. The number of hydrogen-bond acceptors (Lipinski definition) is 2. The van der Waals surface area contributed by atoms with E-state index in [0.717, 1.165) is 22.7 Å². The summed E-state index contributed by atoms with van der Waals surface area (Å²) in [4.78, 5) is 5.84. The Hall–Kier alpha value is -0.380. The third-order valence-electron chi connectivity index (χ3n) is 2.57. The van der Waals surface area contributed by atoms with E-state index in [2.05, 4.69) is 38.4 Å². The molecule has 2 heterocycles. The van der Waals surface area contributed by atoms with Crippen molar-refractivity contribution in [1.29, 1.82) is 0 Å². The molecule has 0 spiro atoms. The van der Waals surface area contributed by atoms with Crippen LogP contribution in [-0.4, -0.2) is 4.98 Å². The van der Waals surface area contributed by atoms with Crippen LogP contribution in [0.25, 0.3) is 0 Å². The van der Waals surface area contributed by atoms with Crippen molar-refractivity contribution in [2.75, 3.05) is 0 Å². The molecular weight excluding hydrogens is 318 g/mol. The first-order valence-corrected chi connectivity index (χ1v) is 7.54. The lowest BCUT2D eigenvalue weighted by Crippen LogP contribution is -1.96. The van der Waals surface area contributed by atoms with Crippen LogP contribution in [0.4, 0.5) is 0 Å². The van der Waals surface area contributed by atoms with E-state index >= 15 is 0 Å². The predicted molar refractivity (Wildman–Crippen MR) is 78.4 cm³/mol. The number of thiophene rings is 1. The Morgan fingerprint density at radius 3 is 2.71 bits per heavy atom. The maximum absolute atomic E-state index is 6.26. The van der Waals surface area contributed by atoms with E-state index in [1.54, 1.807) is 11.3 Å². The van der Waals surface area contributed by atoms with Crippen molar-refractivity contribution < 1.29 is 0 Å². The molecule has 0 radical (unpaired) electrons. The summed E-state index contributed by atoms with van der Waals surface area (Å²) in [7, 11) is 0. The topological polar surface area (TPSA) is 12.9 Å². The Morgan fingerprint density at radius 2 is 2.18 bits per heavy atom. The number of nitrogens with zero attached hydrogens (tertiary/aromatic N) is 1. The Morgan fingerprint density at radius 1 is 1.41 bits per heavy atom. The van der Waals surface area contributed by atoms with Crippen molar-refractivity contribution in [3.05, 3.63) is 50.4 Å². The van der Waals surface area contributed by atoms with Gasteiger partial charge in [-0.25, -0.2) is 0 Å². The molecule has 90 valence electrons. The van der Waals surface area contributed by atoms with Gasteiger partial charge in [-0.3, -0.25) is 4.98 Å². The quantitative estimate of drug-likeness (QED) is 0.714. The summed E-state index contributed by atoms with van der Waals surface area (Å²) < 4.78 is 0. The van der Waals surface area contributed by atoms with E-state index in [1.165, 1.54) is 10.4 Å². The van der Waals surface area contributed by atoms with Gasteiger partial charge in [0.15, 0.2) is 0 Å². The fourth-order valence-corrected chi connectivity index (χ4v) is 3.87. The van der Waals surface area contributed by atoms with Crippen molar-refractivity contribution in [2.24, 2.45) is 0 Å². The van der Waals surface area contributed by atoms with Crippen LogP contribution < -0.4 is 0 Å². The highest BCUT2D eigenvalue weighted by atomic mass is 79.9. The molecule has 0 aliphatic heterocycles. The number of aryl methyl sites for hydroxylation is 2. The van der Waals surface area contributed by atoms with Crippen molar-refractivity contribution in [2.45, 2.75) is 25.1 Å². The molecule has 0 N–H and O–H groups in total. The second kappa shape index (κ2) is 5.51. The normalized spacial score (nSPS) is 12.7. The summed E-state index contributed by atoms with van der Waals surface area (Å²) in [6.07, 6.45) is 2.76. The smallest absolute Gasteiger partial charge is 0.0585 e. The SMILES string of the molecule is Cc1ccc(CC(Br)c2scc(C)c2Cl)nc1. The molecule has 2 aromatic rings. The summed E-state index contributed by atoms with van der Waals surface area (Å²) in [5.74, 6) is 0. The molecule has 0 amide bonds. The minimum Gasteiger partial charge on any atom is -0.261 e. The third-order valence-corrected chi connectivity index (χ3v) is 5.48. The Bertz CT molecular complexity index is 507. The first-order chi connectivity index (χ1) is 8.08. The Kier molecular flexibility index (Phi) is 4.23. The summed E-state index contributed by atoms with van der Waals surface area (Å²) in [6, 6.07) is 4.15. The Balaban J connectivity index is 2.14. The van der Waals surface area contributed by atoms with Crippen LogP contribution in [0.1, 0.15) is 26.5 Å². The van der Waals surface area contributed by atoms with Crippen LogP contribution in [-0.2, 0) is 6.42 Å². The van der Waals surface area contributed by atoms with E-state index in [1.807, 2.05) is 20.0 Å². The standard InChI is InChI=1S/C13H13BrClNS/c1-8-3-4-10(16-6-8)5-11(14)13-12(15)9(2)7-17-13/h3-4,6-7,11H,5H2,1-2H3. The monoisotopic (exact) mass is 329 g/mol. The minimum atomic E-state index is 0.240. The number of aromatic nitrogens is 1. The summed E-state index contributed by atoms with van der Waals surface area (Å²) in [6.45, 7) is 4.08. The summed E-state index contributed by atoms with van der Waals surface area (Å²) in [5.41, 5.74) is 3.41. The van der Waals surface area contributed by atoms with Gasteiger partial charge in [-0.05, 0) is 36.4 Å². The number of alkyl halides is 1. The molecule has 0 bridgehead atoms. The van der Waals surface area contributed by atoms with E-state index < -0.39 is 0 Å². The van der Waals surface area contributed by atoms with Crippen LogP contribution in [0.5, 0.6) is 0 Å². The van der Waals surface area contributed by atoms with Gasteiger partial charge in [0.05, 0.1) is 9.85 Å². The van der Waals surface area contributed by atoms with E-state index in [-0.39, 0.29) is 4.83 Å². The maximum Gasteiger partial charge on any atom is 0.0585 e. The molecule has 2 rings (SSSR count). The first kappa shape index (κ1) is 13.1. The average molecular weight is 331 g/mol. The first-order valence-electron chi connectivity index (χ1n) is 5.37. The van der Waals surface area contributed by atoms with Gasteiger partial charge in [-0.2, -0.15) is 0 Å². The molecule has 0 fully saturated rings. The molecule has 0 aromatic carbocycles. The van der Waals surface area contributed by atoms with Gasteiger partial charge in [0.1, 0.15) is 0 Å². The van der Waals surface area contributed by atoms with Crippen LogP contribution >= 0.6 is 38.9 Å². The molecule has 0 saturated carbocycles. The summed E-state index contributed by atoms with van der Waals surface area (Å²) >= 11 is 11.6. The van der Waals surface area contributed by atoms with Gasteiger partial charge >= 0.3 is 0 Å². The highest BCUT2D eigenvalue weighted by Crippen LogP contribution is 2.38. The van der Waals surface area contributed by atoms with Crippen molar-refractivity contribution in [3.8, 4) is 0 Å². The molecule has 0 saturated heterocycles. The zero-order valence-corrected chi connectivity index (χ0v) is 12.9. The van der Waals surface area contributed by atoms with Gasteiger partial charge in [0.2, 0.25) is 0 Å². The van der Waals surface area contributed by atoms with Gasteiger partial charge in [0.25, 0.3) is 0 Å². The second-order valence-electron chi connectivity index (χ2n) is 4.10. The Labute approximate surface area is 119 Å². The molecule has 4 heteroatoms. The highest BCUT2D eigenvalue weighted by molar-refractivity contribution is 9.09. The molecule has 0 aliphatic carbocycles. The maximum atomic E-state index is 6.26. The highest BCUT2D eigenvalue weighted by Gasteiger charge is 2.16. The van der Waals surface area contributed by atoms with Crippen LogP contribution in [0.2, 0.25) is 5.02 Å². The summed E-state index contributed by atoms with van der Waals surface area (Å²) in [5, 5.41) is 2.97.